The monoisotopic (exact) mass is 260 g/mol. The number of hydrogen-bond donors (Lipinski definition) is 0. The van der Waals surface area contributed by atoms with E-state index in [9.17, 15) is 0 Å². The molecule has 0 bridgehead atoms. The fourth-order valence-corrected chi connectivity index (χ4v) is 1.82. The normalized spacial score (nSPS) is 10.6. The lowest BCUT2D eigenvalue weighted by Crippen LogP contribution is -1.98. The predicted molar refractivity (Wildman–Crippen MR) is 63.1 cm³/mol. The fourth-order valence-electron chi connectivity index (χ4n) is 1.30. The van der Waals surface area contributed by atoms with Crippen LogP contribution in [0.4, 0.5) is 0 Å². The molecule has 0 atom stereocenters. The zero-order valence-electron chi connectivity index (χ0n) is 7.62. The molecule has 0 saturated carbocycles. The molecule has 2 aromatic rings. The van der Waals surface area contributed by atoms with Crippen LogP contribution in [0.3, 0.4) is 0 Å². The van der Waals surface area contributed by atoms with Crippen molar-refractivity contribution < 1.29 is 0 Å². The summed E-state index contributed by atoms with van der Waals surface area (Å²) in [6, 6.07) is 5.48. The van der Waals surface area contributed by atoms with Crippen molar-refractivity contribution in [1.29, 1.82) is 0 Å². The Hall–Kier alpha value is -0.700. The van der Waals surface area contributed by atoms with Crippen LogP contribution in [0.2, 0.25) is 10.0 Å². The molecule has 0 radical (unpaired) electrons. The Morgan fingerprint density at radius 3 is 2.60 bits per heavy atom. The van der Waals surface area contributed by atoms with Crippen LogP contribution >= 0.6 is 34.8 Å². The van der Waals surface area contributed by atoms with Gasteiger partial charge < -0.3 is 0 Å². The van der Waals surface area contributed by atoms with Gasteiger partial charge in [-0.1, -0.05) is 29.3 Å². The molecule has 0 N–H and O–H groups in total. The molecule has 1 aromatic carbocycles. The molecule has 78 valence electrons. The zero-order chi connectivity index (χ0) is 10.8. The van der Waals surface area contributed by atoms with Crippen molar-refractivity contribution in [2.24, 2.45) is 0 Å². The Bertz CT molecular complexity index is 479. The number of hydrogen-bond acceptors (Lipinski definition) is 1. The number of alkyl halides is 1. The average molecular weight is 262 g/mol. The summed E-state index contributed by atoms with van der Waals surface area (Å²) in [6.07, 6.45) is 3.28. The molecule has 2 nitrogen and oxygen atoms in total. The summed E-state index contributed by atoms with van der Waals surface area (Å²) in [7, 11) is 0. The summed E-state index contributed by atoms with van der Waals surface area (Å²) in [4.78, 5) is 0. The van der Waals surface area contributed by atoms with Gasteiger partial charge in [-0.25, -0.2) is 4.68 Å². The van der Waals surface area contributed by atoms with Gasteiger partial charge in [0.2, 0.25) is 0 Å². The molecule has 1 heterocycles. The number of rotatable bonds is 2. The van der Waals surface area contributed by atoms with Crippen LogP contribution in [-0.4, -0.2) is 9.78 Å². The summed E-state index contributed by atoms with van der Waals surface area (Å²) < 4.78 is 1.66. The van der Waals surface area contributed by atoms with Gasteiger partial charge in [-0.05, 0) is 17.7 Å². The first-order valence-corrected chi connectivity index (χ1v) is 5.54. The standard InChI is InChI=1S/C10H7Cl3N2/c11-4-7-1-2-8(12)3-10(7)15-6-9(13)5-14-15/h1-3,5-6H,4H2. The maximum absolute atomic E-state index is 5.91. The summed E-state index contributed by atoms with van der Waals surface area (Å²) in [5.41, 5.74) is 1.81. The van der Waals surface area contributed by atoms with E-state index in [-0.39, 0.29) is 0 Å². The summed E-state index contributed by atoms with van der Waals surface area (Å²) >= 11 is 17.5. The van der Waals surface area contributed by atoms with Crippen molar-refractivity contribution >= 4 is 34.8 Å². The number of nitrogens with zero attached hydrogens (tertiary/aromatic N) is 2. The van der Waals surface area contributed by atoms with Crippen LogP contribution in [0, 0.1) is 0 Å². The van der Waals surface area contributed by atoms with Crippen LogP contribution in [0.15, 0.2) is 30.6 Å². The van der Waals surface area contributed by atoms with Gasteiger partial charge in [0.25, 0.3) is 0 Å². The van der Waals surface area contributed by atoms with Gasteiger partial charge in [0.05, 0.1) is 16.9 Å². The molecule has 0 unspecified atom stereocenters. The minimum Gasteiger partial charge on any atom is -0.239 e. The van der Waals surface area contributed by atoms with Crippen molar-refractivity contribution in [3.8, 4) is 5.69 Å². The van der Waals surface area contributed by atoms with E-state index >= 15 is 0 Å². The Morgan fingerprint density at radius 1 is 1.20 bits per heavy atom. The zero-order valence-corrected chi connectivity index (χ0v) is 9.89. The van der Waals surface area contributed by atoms with Crippen LogP contribution in [0.5, 0.6) is 0 Å². The van der Waals surface area contributed by atoms with E-state index in [0.29, 0.717) is 15.9 Å². The highest BCUT2D eigenvalue weighted by atomic mass is 35.5. The molecule has 0 aliphatic rings. The van der Waals surface area contributed by atoms with Gasteiger partial charge in [0, 0.05) is 17.1 Å². The summed E-state index contributed by atoms with van der Waals surface area (Å²) in [5.74, 6) is 0.407. The Balaban J connectivity index is 2.55. The highest BCUT2D eigenvalue weighted by Crippen LogP contribution is 2.22. The fraction of sp³-hybridized carbons (Fsp3) is 0.100. The minimum absolute atomic E-state index is 0.407. The van der Waals surface area contributed by atoms with E-state index in [0.717, 1.165) is 11.3 Å². The van der Waals surface area contributed by atoms with E-state index in [1.165, 1.54) is 0 Å². The molecule has 0 amide bonds. The van der Waals surface area contributed by atoms with Gasteiger partial charge in [-0.2, -0.15) is 5.10 Å². The Labute approximate surface area is 102 Å². The molecule has 0 saturated heterocycles. The number of aromatic nitrogens is 2. The topological polar surface area (TPSA) is 17.8 Å². The van der Waals surface area contributed by atoms with Crippen molar-refractivity contribution in [3.63, 3.8) is 0 Å². The average Bonchev–Trinajstić information content (AvgIpc) is 2.65. The van der Waals surface area contributed by atoms with Crippen LogP contribution < -0.4 is 0 Å². The van der Waals surface area contributed by atoms with Crippen LogP contribution in [0.1, 0.15) is 5.56 Å². The third-order valence-electron chi connectivity index (χ3n) is 1.99. The molecular weight excluding hydrogens is 254 g/mol. The van der Waals surface area contributed by atoms with E-state index in [2.05, 4.69) is 5.10 Å². The third kappa shape index (κ3) is 2.28. The largest absolute Gasteiger partial charge is 0.239 e. The molecule has 5 heteroatoms. The molecule has 1 aromatic heterocycles. The molecule has 15 heavy (non-hydrogen) atoms. The highest BCUT2D eigenvalue weighted by molar-refractivity contribution is 6.31. The first kappa shape index (κ1) is 10.8. The quantitative estimate of drug-likeness (QED) is 0.749. The molecule has 0 aliphatic carbocycles. The van der Waals surface area contributed by atoms with Crippen molar-refractivity contribution in [2.45, 2.75) is 5.88 Å². The second kappa shape index (κ2) is 4.44. The minimum atomic E-state index is 0.407. The van der Waals surface area contributed by atoms with Crippen molar-refractivity contribution in [2.75, 3.05) is 0 Å². The van der Waals surface area contributed by atoms with Crippen molar-refractivity contribution in [1.82, 2.24) is 9.78 Å². The predicted octanol–water partition coefficient (Wildman–Crippen LogP) is 3.92. The Kier molecular flexibility index (Phi) is 3.19. The molecule has 0 aliphatic heterocycles. The summed E-state index contributed by atoms with van der Waals surface area (Å²) in [5, 5.41) is 5.33. The molecule has 0 spiro atoms. The second-order valence-electron chi connectivity index (χ2n) is 3.01. The summed E-state index contributed by atoms with van der Waals surface area (Å²) in [6.45, 7) is 0. The van der Waals surface area contributed by atoms with E-state index in [1.807, 2.05) is 12.1 Å². The van der Waals surface area contributed by atoms with E-state index in [1.54, 1.807) is 23.1 Å². The number of benzene rings is 1. The van der Waals surface area contributed by atoms with Gasteiger partial charge in [0.1, 0.15) is 0 Å². The maximum atomic E-state index is 5.91. The van der Waals surface area contributed by atoms with Crippen LogP contribution in [-0.2, 0) is 5.88 Å². The lowest BCUT2D eigenvalue weighted by Gasteiger charge is -2.07. The lowest BCUT2D eigenvalue weighted by molar-refractivity contribution is 0.871. The van der Waals surface area contributed by atoms with Gasteiger partial charge >= 0.3 is 0 Å². The Morgan fingerprint density at radius 2 is 2.00 bits per heavy atom. The van der Waals surface area contributed by atoms with Crippen molar-refractivity contribution in [3.05, 3.63) is 46.2 Å². The first-order valence-electron chi connectivity index (χ1n) is 4.25. The van der Waals surface area contributed by atoms with Gasteiger partial charge in [-0.3, -0.25) is 0 Å². The second-order valence-corrected chi connectivity index (χ2v) is 4.15. The van der Waals surface area contributed by atoms with Crippen LogP contribution in [0.25, 0.3) is 5.69 Å². The van der Waals surface area contributed by atoms with E-state index in [4.69, 9.17) is 34.8 Å². The van der Waals surface area contributed by atoms with Gasteiger partial charge in [-0.15, -0.1) is 11.6 Å². The van der Waals surface area contributed by atoms with E-state index < -0.39 is 0 Å². The lowest BCUT2D eigenvalue weighted by atomic mass is 10.2. The first-order chi connectivity index (χ1) is 7.20. The molecular formula is C10H7Cl3N2. The maximum Gasteiger partial charge on any atom is 0.0790 e. The van der Waals surface area contributed by atoms with Gasteiger partial charge in [0.15, 0.2) is 0 Å². The number of halogens is 3. The molecule has 2 rings (SSSR count). The third-order valence-corrected chi connectivity index (χ3v) is 2.71. The molecule has 0 fully saturated rings. The smallest absolute Gasteiger partial charge is 0.0790 e. The SMILES string of the molecule is ClCc1ccc(Cl)cc1-n1cc(Cl)cn1. The highest BCUT2D eigenvalue weighted by Gasteiger charge is 2.06.